The Kier molecular flexibility index (Phi) is 2.46. The first-order valence-corrected chi connectivity index (χ1v) is 5.09. The van der Waals surface area contributed by atoms with Gasteiger partial charge >= 0.3 is 0 Å². The lowest BCUT2D eigenvalue weighted by Gasteiger charge is -2.10. The molecule has 1 heteroatoms. The van der Waals surface area contributed by atoms with Crippen LogP contribution < -0.4 is 5.32 Å². The van der Waals surface area contributed by atoms with E-state index in [4.69, 9.17) is 0 Å². The van der Waals surface area contributed by atoms with Gasteiger partial charge < -0.3 is 5.32 Å². The number of hydrogen-bond acceptors (Lipinski definition) is 1. The maximum Gasteiger partial charge on any atom is 0.0461 e. The summed E-state index contributed by atoms with van der Waals surface area (Å²) in [6.07, 6.45) is 0. The number of benzene rings is 2. The summed E-state index contributed by atoms with van der Waals surface area (Å²) in [7, 11) is 0. The first kappa shape index (κ1) is 9.78. The highest BCUT2D eigenvalue weighted by Gasteiger charge is 2.01. The molecule has 1 nitrogen and oxygen atoms in total. The highest BCUT2D eigenvalue weighted by atomic mass is 14.9. The van der Waals surface area contributed by atoms with Crippen molar-refractivity contribution in [2.75, 3.05) is 5.32 Å². The van der Waals surface area contributed by atoms with E-state index in [1.165, 1.54) is 16.3 Å². The summed E-state index contributed by atoms with van der Waals surface area (Å²) >= 11 is 0. The van der Waals surface area contributed by atoms with Gasteiger partial charge in [0.25, 0.3) is 0 Å². The molecule has 0 aliphatic carbocycles. The van der Waals surface area contributed by atoms with Crippen molar-refractivity contribution in [3.63, 3.8) is 0 Å². The maximum absolute atomic E-state index is 3.87. The summed E-state index contributed by atoms with van der Waals surface area (Å²) in [5.74, 6) is 0. The van der Waals surface area contributed by atoms with Gasteiger partial charge in [-0.3, -0.25) is 0 Å². The third-order valence-electron chi connectivity index (χ3n) is 2.49. The third kappa shape index (κ3) is 1.86. The molecule has 0 unspecified atom stereocenters. The SMILES string of the molecule is C=C(C)Nc1ccc(C)c2ccccc12. The Morgan fingerprint density at radius 1 is 1.07 bits per heavy atom. The summed E-state index contributed by atoms with van der Waals surface area (Å²) in [4.78, 5) is 0. The van der Waals surface area contributed by atoms with Crippen molar-refractivity contribution < 1.29 is 0 Å². The summed E-state index contributed by atoms with van der Waals surface area (Å²) in [6, 6.07) is 12.6. The Hall–Kier alpha value is -1.76. The lowest BCUT2D eigenvalue weighted by Crippen LogP contribution is -1.95. The van der Waals surface area contributed by atoms with E-state index in [0.717, 1.165) is 11.4 Å². The van der Waals surface area contributed by atoms with E-state index in [1.807, 2.05) is 6.92 Å². The summed E-state index contributed by atoms with van der Waals surface area (Å²) in [5, 5.41) is 5.83. The van der Waals surface area contributed by atoms with Crippen molar-refractivity contribution in [2.45, 2.75) is 13.8 Å². The van der Waals surface area contributed by atoms with Crippen molar-refractivity contribution >= 4 is 16.5 Å². The number of anilines is 1. The summed E-state index contributed by atoms with van der Waals surface area (Å²) in [5.41, 5.74) is 3.39. The molecule has 15 heavy (non-hydrogen) atoms. The quantitative estimate of drug-likeness (QED) is 0.764. The molecule has 0 spiro atoms. The second-order valence-electron chi connectivity index (χ2n) is 3.88. The van der Waals surface area contributed by atoms with Crippen LogP contribution >= 0.6 is 0 Å². The Balaban J connectivity index is 2.66. The molecule has 0 aliphatic rings. The zero-order valence-electron chi connectivity index (χ0n) is 9.17. The molecule has 76 valence electrons. The minimum atomic E-state index is 0.962. The standard InChI is InChI=1S/C14H15N/c1-10(2)15-14-9-8-11(3)12-6-4-5-7-13(12)14/h4-9,15H,1H2,2-3H3. The van der Waals surface area contributed by atoms with Crippen LogP contribution in [0.25, 0.3) is 10.8 Å². The van der Waals surface area contributed by atoms with E-state index < -0.39 is 0 Å². The van der Waals surface area contributed by atoms with Crippen LogP contribution in [-0.2, 0) is 0 Å². The number of allylic oxidation sites excluding steroid dienone is 1. The van der Waals surface area contributed by atoms with Crippen molar-refractivity contribution in [2.24, 2.45) is 0 Å². The molecule has 2 rings (SSSR count). The van der Waals surface area contributed by atoms with Crippen LogP contribution in [0.3, 0.4) is 0 Å². The molecule has 0 saturated carbocycles. The van der Waals surface area contributed by atoms with Crippen LogP contribution in [-0.4, -0.2) is 0 Å². The molecule has 0 heterocycles. The molecule has 1 N–H and O–H groups in total. The van der Waals surface area contributed by atoms with Crippen molar-refractivity contribution in [3.05, 3.63) is 54.2 Å². The Labute approximate surface area is 90.4 Å². The molecule has 0 amide bonds. The molecular formula is C14H15N. The van der Waals surface area contributed by atoms with Crippen molar-refractivity contribution in [1.29, 1.82) is 0 Å². The average molecular weight is 197 g/mol. The lowest BCUT2D eigenvalue weighted by molar-refractivity contribution is 1.40. The summed E-state index contributed by atoms with van der Waals surface area (Å²) in [6.45, 7) is 7.97. The van der Waals surface area contributed by atoms with E-state index in [0.29, 0.717) is 0 Å². The van der Waals surface area contributed by atoms with Gasteiger partial charge in [0.05, 0.1) is 0 Å². The number of nitrogens with one attached hydrogen (secondary N) is 1. The van der Waals surface area contributed by atoms with Crippen molar-refractivity contribution in [1.82, 2.24) is 0 Å². The topological polar surface area (TPSA) is 12.0 Å². The minimum absolute atomic E-state index is 0.962. The van der Waals surface area contributed by atoms with Crippen LogP contribution in [0.4, 0.5) is 5.69 Å². The van der Waals surface area contributed by atoms with Gasteiger partial charge in [0.1, 0.15) is 0 Å². The predicted octanol–water partition coefficient (Wildman–Crippen LogP) is 4.09. The fraction of sp³-hybridized carbons (Fsp3) is 0.143. The van der Waals surface area contributed by atoms with Gasteiger partial charge in [-0.25, -0.2) is 0 Å². The molecule has 2 aromatic carbocycles. The molecule has 0 saturated heterocycles. The number of rotatable bonds is 2. The molecular weight excluding hydrogens is 182 g/mol. The Morgan fingerprint density at radius 3 is 2.40 bits per heavy atom. The van der Waals surface area contributed by atoms with Crippen LogP contribution in [0.5, 0.6) is 0 Å². The molecule has 2 aromatic rings. The van der Waals surface area contributed by atoms with Crippen LogP contribution in [0, 0.1) is 6.92 Å². The molecule has 0 aromatic heterocycles. The smallest absolute Gasteiger partial charge is 0.0461 e. The minimum Gasteiger partial charge on any atom is -0.359 e. The molecule has 0 fully saturated rings. The van der Waals surface area contributed by atoms with Crippen LogP contribution in [0.1, 0.15) is 12.5 Å². The number of hydrogen-bond donors (Lipinski definition) is 1. The first-order chi connectivity index (χ1) is 7.18. The van der Waals surface area contributed by atoms with Gasteiger partial charge in [-0.15, -0.1) is 0 Å². The van der Waals surface area contributed by atoms with Gasteiger partial charge in [-0.1, -0.05) is 36.9 Å². The highest BCUT2D eigenvalue weighted by molar-refractivity contribution is 5.96. The first-order valence-electron chi connectivity index (χ1n) is 5.09. The zero-order chi connectivity index (χ0) is 10.8. The fourth-order valence-corrected chi connectivity index (χ4v) is 1.79. The van der Waals surface area contributed by atoms with Gasteiger partial charge in [-0.05, 0) is 30.9 Å². The maximum atomic E-state index is 3.87. The van der Waals surface area contributed by atoms with E-state index in [-0.39, 0.29) is 0 Å². The normalized spacial score (nSPS) is 10.3. The Bertz CT molecular complexity index is 512. The summed E-state index contributed by atoms with van der Waals surface area (Å²) < 4.78 is 0. The van der Waals surface area contributed by atoms with Crippen LogP contribution in [0.2, 0.25) is 0 Å². The molecule has 0 atom stereocenters. The highest BCUT2D eigenvalue weighted by Crippen LogP contribution is 2.26. The van der Waals surface area contributed by atoms with E-state index in [9.17, 15) is 0 Å². The zero-order valence-corrected chi connectivity index (χ0v) is 9.17. The second kappa shape index (κ2) is 3.77. The third-order valence-corrected chi connectivity index (χ3v) is 2.49. The van der Waals surface area contributed by atoms with E-state index in [2.05, 4.69) is 55.2 Å². The average Bonchev–Trinajstić information content (AvgIpc) is 2.22. The van der Waals surface area contributed by atoms with Crippen LogP contribution in [0.15, 0.2) is 48.7 Å². The molecule has 0 bridgehead atoms. The fourth-order valence-electron chi connectivity index (χ4n) is 1.79. The van der Waals surface area contributed by atoms with Crippen molar-refractivity contribution in [3.8, 4) is 0 Å². The Morgan fingerprint density at radius 2 is 1.73 bits per heavy atom. The lowest BCUT2D eigenvalue weighted by atomic mass is 10.0. The largest absolute Gasteiger partial charge is 0.359 e. The van der Waals surface area contributed by atoms with Gasteiger partial charge in [-0.2, -0.15) is 0 Å². The van der Waals surface area contributed by atoms with Gasteiger partial charge in [0, 0.05) is 16.8 Å². The second-order valence-corrected chi connectivity index (χ2v) is 3.88. The monoisotopic (exact) mass is 197 g/mol. The van der Waals surface area contributed by atoms with E-state index >= 15 is 0 Å². The number of aryl methyl sites for hydroxylation is 1. The van der Waals surface area contributed by atoms with Gasteiger partial charge in [0.2, 0.25) is 0 Å². The van der Waals surface area contributed by atoms with E-state index in [1.54, 1.807) is 0 Å². The molecule has 0 aliphatic heterocycles. The number of fused-ring (bicyclic) bond motifs is 1. The predicted molar refractivity (Wildman–Crippen MR) is 67.1 cm³/mol. The van der Waals surface area contributed by atoms with Gasteiger partial charge in [0.15, 0.2) is 0 Å². The molecule has 0 radical (unpaired) electrons.